The summed E-state index contributed by atoms with van der Waals surface area (Å²) in [5, 5.41) is 2.95. The van der Waals surface area contributed by atoms with Gasteiger partial charge in [0.15, 0.2) is 0 Å². The smallest absolute Gasteiger partial charge is 0.264 e. The number of hydrogen-bond acceptors (Lipinski definition) is 4. The molecule has 0 unspecified atom stereocenters. The fourth-order valence-electron chi connectivity index (χ4n) is 2.30. The highest BCUT2D eigenvalue weighted by molar-refractivity contribution is 7.92. The standard InChI is InChI=1S/C18H21ClN2O4S/c1-3-11-20-18(22)13-21(14-9-10-17(25-2)16(19)12-14)26(23,24)15-7-5-4-6-8-15/h4-10,12H,3,11,13H2,1-2H3,(H,20,22). The van der Waals surface area contributed by atoms with Gasteiger partial charge in [-0.15, -0.1) is 0 Å². The molecule has 26 heavy (non-hydrogen) atoms. The minimum atomic E-state index is -3.94. The van der Waals surface area contributed by atoms with Crippen molar-refractivity contribution >= 4 is 33.2 Å². The van der Waals surface area contributed by atoms with Crippen molar-refractivity contribution in [2.45, 2.75) is 18.2 Å². The second kappa shape index (κ2) is 8.91. The Morgan fingerprint density at radius 3 is 2.46 bits per heavy atom. The molecule has 0 aliphatic carbocycles. The number of rotatable bonds is 8. The number of hydrogen-bond donors (Lipinski definition) is 1. The van der Waals surface area contributed by atoms with Gasteiger partial charge in [0.1, 0.15) is 12.3 Å². The van der Waals surface area contributed by atoms with Crippen LogP contribution >= 0.6 is 11.6 Å². The molecule has 0 aromatic heterocycles. The molecule has 0 fully saturated rings. The molecular formula is C18H21ClN2O4S. The maximum Gasteiger partial charge on any atom is 0.264 e. The molecule has 2 rings (SSSR count). The highest BCUT2D eigenvalue weighted by Gasteiger charge is 2.27. The van der Waals surface area contributed by atoms with E-state index in [0.29, 0.717) is 12.3 Å². The Hall–Kier alpha value is -2.25. The van der Waals surface area contributed by atoms with Crippen LogP contribution in [0.1, 0.15) is 13.3 Å². The van der Waals surface area contributed by atoms with E-state index in [0.717, 1.165) is 10.7 Å². The Labute approximate surface area is 158 Å². The summed E-state index contributed by atoms with van der Waals surface area (Å²) < 4.78 is 32.3. The van der Waals surface area contributed by atoms with Crippen molar-refractivity contribution in [3.8, 4) is 5.75 Å². The molecule has 140 valence electrons. The fourth-order valence-corrected chi connectivity index (χ4v) is 3.98. The van der Waals surface area contributed by atoms with E-state index in [4.69, 9.17) is 16.3 Å². The summed E-state index contributed by atoms with van der Waals surface area (Å²) in [6.07, 6.45) is 0.755. The minimum Gasteiger partial charge on any atom is -0.495 e. The van der Waals surface area contributed by atoms with Gasteiger partial charge in [-0.1, -0.05) is 36.7 Å². The SMILES string of the molecule is CCCNC(=O)CN(c1ccc(OC)c(Cl)c1)S(=O)(=O)c1ccccc1. The van der Waals surface area contributed by atoms with Crippen molar-refractivity contribution in [3.63, 3.8) is 0 Å². The summed E-state index contributed by atoms with van der Waals surface area (Å²) in [7, 11) is -2.47. The van der Waals surface area contributed by atoms with Gasteiger partial charge in [0.05, 0.1) is 22.7 Å². The van der Waals surface area contributed by atoms with Gasteiger partial charge in [-0.25, -0.2) is 8.42 Å². The number of amides is 1. The Morgan fingerprint density at radius 2 is 1.88 bits per heavy atom. The van der Waals surface area contributed by atoms with Crippen LogP contribution < -0.4 is 14.4 Å². The van der Waals surface area contributed by atoms with Crippen molar-refractivity contribution in [1.82, 2.24) is 5.32 Å². The molecular weight excluding hydrogens is 376 g/mol. The largest absolute Gasteiger partial charge is 0.495 e. The third kappa shape index (κ3) is 4.68. The molecule has 0 aliphatic heterocycles. The first-order chi connectivity index (χ1) is 12.4. The number of benzene rings is 2. The van der Waals surface area contributed by atoms with Gasteiger partial charge in [0.25, 0.3) is 10.0 Å². The number of nitrogens with zero attached hydrogens (tertiary/aromatic N) is 1. The fraction of sp³-hybridized carbons (Fsp3) is 0.278. The van der Waals surface area contributed by atoms with Crippen LogP contribution in [0.2, 0.25) is 5.02 Å². The summed E-state index contributed by atoms with van der Waals surface area (Å²) in [4.78, 5) is 12.3. The van der Waals surface area contributed by atoms with Gasteiger partial charge < -0.3 is 10.1 Å². The maximum absolute atomic E-state index is 13.1. The lowest BCUT2D eigenvalue weighted by molar-refractivity contribution is -0.119. The summed E-state index contributed by atoms with van der Waals surface area (Å²) in [5.74, 6) is 0.0289. The molecule has 0 spiro atoms. The molecule has 0 saturated carbocycles. The monoisotopic (exact) mass is 396 g/mol. The van der Waals surface area contributed by atoms with Crippen LogP contribution in [0.5, 0.6) is 5.75 Å². The van der Waals surface area contributed by atoms with Crippen LogP contribution in [-0.2, 0) is 14.8 Å². The van der Waals surface area contributed by atoms with E-state index in [2.05, 4.69) is 5.32 Å². The van der Waals surface area contributed by atoms with Crippen LogP contribution in [0.25, 0.3) is 0 Å². The van der Waals surface area contributed by atoms with Crippen molar-refractivity contribution in [1.29, 1.82) is 0 Å². The quantitative estimate of drug-likeness (QED) is 0.744. The number of anilines is 1. The first kappa shape index (κ1) is 20.1. The van der Waals surface area contributed by atoms with Crippen molar-refractivity contribution in [2.24, 2.45) is 0 Å². The van der Waals surface area contributed by atoms with E-state index in [1.54, 1.807) is 30.3 Å². The predicted molar refractivity (Wildman–Crippen MR) is 102 cm³/mol. The van der Waals surface area contributed by atoms with Crippen molar-refractivity contribution in [2.75, 3.05) is 24.5 Å². The van der Waals surface area contributed by atoms with E-state index in [-0.39, 0.29) is 22.2 Å². The van der Waals surface area contributed by atoms with Gasteiger partial charge in [-0.05, 0) is 36.8 Å². The summed E-state index contributed by atoms with van der Waals surface area (Å²) in [5.41, 5.74) is 0.284. The molecule has 0 aliphatic rings. The van der Waals surface area contributed by atoms with Crippen LogP contribution in [0.4, 0.5) is 5.69 Å². The number of methoxy groups -OCH3 is 1. The van der Waals surface area contributed by atoms with Crippen molar-refractivity contribution in [3.05, 3.63) is 53.6 Å². The summed E-state index contributed by atoms with van der Waals surface area (Å²) in [6, 6.07) is 12.5. The number of sulfonamides is 1. The molecule has 0 saturated heterocycles. The first-order valence-corrected chi connectivity index (χ1v) is 9.90. The van der Waals surface area contributed by atoms with Gasteiger partial charge in [0, 0.05) is 6.54 Å². The molecule has 2 aromatic rings. The summed E-state index contributed by atoms with van der Waals surface area (Å²) in [6.45, 7) is 2.04. The van der Waals surface area contributed by atoms with Crippen LogP contribution in [0.3, 0.4) is 0 Å². The third-order valence-electron chi connectivity index (χ3n) is 3.61. The molecule has 0 bridgehead atoms. The van der Waals surface area contributed by atoms with E-state index in [1.807, 2.05) is 6.92 Å². The van der Waals surface area contributed by atoms with E-state index in [1.165, 1.54) is 25.3 Å². The number of nitrogens with one attached hydrogen (secondary N) is 1. The molecule has 0 heterocycles. The highest BCUT2D eigenvalue weighted by Crippen LogP contribution is 2.31. The van der Waals surface area contributed by atoms with Gasteiger partial charge in [-0.2, -0.15) is 0 Å². The highest BCUT2D eigenvalue weighted by atomic mass is 35.5. The zero-order valence-electron chi connectivity index (χ0n) is 14.6. The van der Waals surface area contributed by atoms with E-state index >= 15 is 0 Å². The van der Waals surface area contributed by atoms with Crippen LogP contribution in [-0.4, -0.2) is 34.5 Å². The number of carbonyl (C=O) groups is 1. The minimum absolute atomic E-state index is 0.0928. The molecule has 6 nitrogen and oxygen atoms in total. The van der Waals surface area contributed by atoms with Gasteiger partial charge in [-0.3, -0.25) is 9.10 Å². The Balaban J connectivity index is 2.45. The van der Waals surface area contributed by atoms with Crippen LogP contribution in [0.15, 0.2) is 53.4 Å². The Kier molecular flexibility index (Phi) is 6.88. The van der Waals surface area contributed by atoms with Crippen molar-refractivity contribution < 1.29 is 17.9 Å². The number of ether oxygens (including phenoxy) is 1. The first-order valence-electron chi connectivity index (χ1n) is 8.08. The lowest BCUT2D eigenvalue weighted by Gasteiger charge is -2.24. The zero-order chi connectivity index (χ0) is 19.2. The number of carbonyl (C=O) groups excluding carboxylic acids is 1. The average Bonchev–Trinajstić information content (AvgIpc) is 2.65. The molecule has 8 heteroatoms. The summed E-state index contributed by atoms with van der Waals surface area (Å²) >= 11 is 6.14. The van der Waals surface area contributed by atoms with Gasteiger partial charge >= 0.3 is 0 Å². The maximum atomic E-state index is 13.1. The molecule has 2 aromatic carbocycles. The normalized spacial score (nSPS) is 11.0. The zero-order valence-corrected chi connectivity index (χ0v) is 16.2. The van der Waals surface area contributed by atoms with Crippen LogP contribution in [0, 0.1) is 0 Å². The van der Waals surface area contributed by atoms with Gasteiger partial charge in [0.2, 0.25) is 5.91 Å². The Morgan fingerprint density at radius 1 is 1.19 bits per heavy atom. The molecule has 0 atom stereocenters. The van der Waals surface area contributed by atoms with E-state index in [9.17, 15) is 13.2 Å². The molecule has 0 radical (unpaired) electrons. The predicted octanol–water partition coefficient (Wildman–Crippen LogP) is 3.07. The lowest BCUT2D eigenvalue weighted by Crippen LogP contribution is -2.41. The third-order valence-corrected chi connectivity index (χ3v) is 5.70. The second-order valence-electron chi connectivity index (χ2n) is 5.49. The second-order valence-corrected chi connectivity index (χ2v) is 7.76. The topological polar surface area (TPSA) is 75.7 Å². The molecule has 1 N–H and O–H groups in total. The average molecular weight is 397 g/mol. The number of halogens is 1. The Bertz CT molecular complexity index is 857. The van der Waals surface area contributed by atoms with E-state index < -0.39 is 15.9 Å². The molecule has 1 amide bonds. The lowest BCUT2D eigenvalue weighted by atomic mass is 10.3.